The normalized spacial score (nSPS) is 8.46. The van der Waals surface area contributed by atoms with Crippen LogP contribution in [0.5, 0.6) is 0 Å². The fourth-order valence-corrected chi connectivity index (χ4v) is 0.854. The van der Waals surface area contributed by atoms with Crippen molar-refractivity contribution in [2.24, 2.45) is 0 Å². The van der Waals surface area contributed by atoms with Crippen LogP contribution in [0.1, 0.15) is 32.1 Å². The smallest absolute Gasteiger partial charge is 0.220 e. The lowest BCUT2D eigenvalue weighted by Crippen LogP contribution is -2.23. The molecule has 0 saturated carbocycles. The lowest BCUT2D eigenvalue weighted by molar-refractivity contribution is -0.120. The maximum absolute atomic E-state index is 11.0. The van der Waals surface area contributed by atoms with Gasteiger partial charge in [-0.05, 0) is 12.8 Å². The van der Waals surface area contributed by atoms with E-state index in [-0.39, 0.29) is 5.91 Å². The minimum Gasteiger partial charge on any atom is -0.356 e. The summed E-state index contributed by atoms with van der Waals surface area (Å²) in [7, 11) is 0. The van der Waals surface area contributed by atoms with Crippen LogP contribution in [0.2, 0.25) is 0 Å². The van der Waals surface area contributed by atoms with Crippen molar-refractivity contribution in [3.05, 3.63) is 0 Å². The maximum atomic E-state index is 11.0. The Morgan fingerprint density at radius 2 is 1.85 bits per heavy atom. The van der Waals surface area contributed by atoms with Gasteiger partial charge < -0.3 is 5.32 Å². The van der Waals surface area contributed by atoms with Crippen LogP contribution in [0.15, 0.2) is 0 Å². The number of hydrogen-bond donors (Lipinski definition) is 1. The fourth-order valence-electron chi connectivity index (χ4n) is 0.854. The van der Waals surface area contributed by atoms with Crippen LogP contribution in [0.3, 0.4) is 0 Å². The first-order chi connectivity index (χ1) is 6.31. The summed E-state index contributed by atoms with van der Waals surface area (Å²) in [6.45, 7) is 0.699. The van der Waals surface area contributed by atoms with Gasteiger partial charge in [0.2, 0.25) is 5.91 Å². The summed E-state index contributed by atoms with van der Waals surface area (Å²) in [5.74, 6) is 5.00. The van der Waals surface area contributed by atoms with Gasteiger partial charge in [-0.3, -0.25) is 4.79 Å². The topological polar surface area (TPSA) is 29.1 Å². The first kappa shape index (κ1) is 11.6. The largest absolute Gasteiger partial charge is 0.356 e. The molecule has 0 unspecified atom stereocenters. The van der Waals surface area contributed by atoms with E-state index in [1.807, 2.05) is 0 Å². The van der Waals surface area contributed by atoms with Crippen LogP contribution in [0, 0.1) is 24.7 Å². The minimum absolute atomic E-state index is 0.0265. The van der Waals surface area contributed by atoms with Gasteiger partial charge in [0.15, 0.2) is 0 Å². The van der Waals surface area contributed by atoms with Crippen LogP contribution >= 0.6 is 0 Å². The summed E-state index contributed by atoms with van der Waals surface area (Å²) in [4.78, 5) is 11.0. The van der Waals surface area contributed by atoms with Crippen LogP contribution in [-0.2, 0) is 4.79 Å². The van der Waals surface area contributed by atoms with Crippen LogP contribution < -0.4 is 5.32 Å². The highest BCUT2D eigenvalue weighted by atomic mass is 16.1. The van der Waals surface area contributed by atoms with Crippen molar-refractivity contribution in [3.63, 3.8) is 0 Å². The third-order valence-electron chi connectivity index (χ3n) is 1.57. The second-order valence-electron chi connectivity index (χ2n) is 2.72. The standard InChI is InChI=1S/C11H15NO/c1-3-5-7-8-10-12-11(13)9-6-4-2/h1-2H,5-10H2,(H,12,13). The third kappa shape index (κ3) is 8.50. The zero-order valence-corrected chi connectivity index (χ0v) is 7.81. The molecular weight excluding hydrogens is 162 g/mol. The lowest BCUT2D eigenvalue weighted by atomic mass is 10.2. The van der Waals surface area contributed by atoms with Crippen molar-refractivity contribution < 1.29 is 4.79 Å². The van der Waals surface area contributed by atoms with Gasteiger partial charge in [-0.1, -0.05) is 0 Å². The van der Waals surface area contributed by atoms with E-state index in [1.165, 1.54) is 0 Å². The van der Waals surface area contributed by atoms with Crippen LogP contribution in [0.25, 0.3) is 0 Å². The van der Waals surface area contributed by atoms with E-state index in [1.54, 1.807) is 0 Å². The zero-order chi connectivity index (χ0) is 9.94. The van der Waals surface area contributed by atoms with Crippen LogP contribution in [-0.4, -0.2) is 12.5 Å². The summed E-state index contributed by atoms with van der Waals surface area (Å²) in [6.07, 6.45) is 13.7. The number of unbranched alkanes of at least 4 members (excludes halogenated alkanes) is 2. The molecule has 0 fully saturated rings. The van der Waals surface area contributed by atoms with E-state index >= 15 is 0 Å². The summed E-state index contributed by atoms with van der Waals surface area (Å²) >= 11 is 0. The Balaban J connectivity index is 3.19. The van der Waals surface area contributed by atoms with Gasteiger partial charge in [0.25, 0.3) is 0 Å². The second-order valence-corrected chi connectivity index (χ2v) is 2.72. The Labute approximate surface area is 80.1 Å². The molecule has 1 amide bonds. The number of hydrogen-bond acceptors (Lipinski definition) is 1. The summed E-state index contributed by atoms with van der Waals surface area (Å²) in [5.41, 5.74) is 0. The lowest BCUT2D eigenvalue weighted by Gasteiger charge is -2.01. The van der Waals surface area contributed by atoms with Crippen LogP contribution in [0.4, 0.5) is 0 Å². The number of terminal acetylenes is 2. The molecule has 2 nitrogen and oxygen atoms in total. The molecule has 0 aromatic heterocycles. The highest BCUT2D eigenvalue weighted by Gasteiger charge is 1.97. The molecule has 0 aliphatic carbocycles. The molecule has 0 saturated heterocycles. The predicted octanol–water partition coefficient (Wildman–Crippen LogP) is 1.32. The molecule has 0 rings (SSSR count). The minimum atomic E-state index is 0.0265. The van der Waals surface area contributed by atoms with Crippen molar-refractivity contribution in [3.8, 4) is 24.7 Å². The number of rotatable bonds is 6. The Kier molecular flexibility index (Phi) is 7.74. The zero-order valence-electron chi connectivity index (χ0n) is 7.81. The quantitative estimate of drug-likeness (QED) is 0.481. The average Bonchev–Trinajstić information content (AvgIpc) is 2.14. The van der Waals surface area contributed by atoms with Crippen molar-refractivity contribution in [1.29, 1.82) is 0 Å². The van der Waals surface area contributed by atoms with Crippen molar-refractivity contribution in [2.45, 2.75) is 32.1 Å². The molecule has 0 radical (unpaired) electrons. The van der Waals surface area contributed by atoms with Crippen molar-refractivity contribution in [2.75, 3.05) is 6.54 Å². The molecule has 0 spiro atoms. The van der Waals surface area contributed by atoms with Gasteiger partial charge in [0, 0.05) is 25.8 Å². The molecule has 0 aliphatic heterocycles. The summed E-state index contributed by atoms with van der Waals surface area (Å²) < 4.78 is 0. The average molecular weight is 177 g/mol. The SMILES string of the molecule is C#CCCCCNC(=O)CCC#C. The van der Waals surface area contributed by atoms with Gasteiger partial charge in [-0.2, -0.15) is 0 Å². The van der Waals surface area contributed by atoms with Gasteiger partial charge in [-0.15, -0.1) is 24.7 Å². The molecular formula is C11H15NO. The van der Waals surface area contributed by atoms with Gasteiger partial charge in [0.05, 0.1) is 0 Å². The molecule has 1 N–H and O–H groups in total. The van der Waals surface area contributed by atoms with E-state index in [4.69, 9.17) is 12.8 Å². The van der Waals surface area contributed by atoms with Crippen molar-refractivity contribution >= 4 is 5.91 Å². The predicted molar refractivity (Wildman–Crippen MR) is 53.8 cm³/mol. The van der Waals surface area contributed by atoms with Gasteiger partial charge in [-0.25, -0.2) is 0 Å². The van der Waals surface area contributed by atoms with E-state index < -0.39 is 0 Å². The monoisotopic (exact) mass is 177 g/mol. The van der Waals surface area contributed by atoms with Gasteiger partial charge >= 0.3 is 0 Å². The Morgan fingerprint density at radius 3 is 2.46 bits per heavy atom. The van der Waals surface area contributed by atoms with Gasteiger partial charge in [0.1, 0.15) is 0 Å². The molecule has 13 heavy (non-hydrogen) atoms. The third-order valence-corrected chi connectivity index (χ3v) is 1.57. The van der Waals surface area contributed by atoms with E-state index in [0.29, 0.717) is 19.4 Å². The molecule has 0 aliphatic rings. The van der Waals surface area contributed by atoms with E-state index in [0.717, 1.165) is 19.3 Å². The molecule has 0 bridgehead atoms. The Hall–Kier alpha value is -1.41. The number of nitrogens with one attached hydrogen (secondary N) is 1. The first-order valence-corrected chi connectivity index (χ1v) is 4.45. The maximum Gasteiger partial charge on any atom is 0.220 e. The number of carbonyl (C=O) groups excluding carboxylic acids is 1. The van der Waals surface area contributed by atoms with E-state index in [2.05, 4.69) is 17.2 Å². The Bertz CT molecular complexity index is 219. The highest BCUT2D eigenvalue weighted by Crippen LogP contribution is 1.92. The van der Waals surface area contributed by atoms with E-state index in [9.17, 15) is 4.79 Å². The molecule has 0 aromatic rings. The molecule has 0 atom stereocenters. The summed E-state index contributed by atoms with van der Waals surface area (Å²) in [6, 6.07) is 0. The molecule has 0 heterocycles. The molecule has 0 aromatic carbocycles. The molecule has 70 valence electrons. The first-order valence-electron chi connectivity index (χ1n) is 4.45. The second kappa shape index (κ2) is 8.68. The number of amides is 1. The number of carbonyl (C=O) groups is 1. The van der Waals surface area contributed by atoms with Crippen molar-refractivity contribution in [1.82, 2.24) is 5.32 Å². The fraction of sp³-hybridized carbons (Fsp3) is 0.545. The summed E-state index contributed by atoms with van der Waals surface area (Å²) in [5, 5.41) is 2.77. The Morgan fingerprint density at radius 1 is 1.15 bits per heavy atom. The highest BCUT2D eigenvalue weighted by molar-refractivity contribution is 5.76. The molecule has 2 heteroatoms.